The summed E-state index contributed by atoms with van der Waals surface area (Å²) in [6.07, 6.45) is 1.58. The number of fused-ring (bicyclic) bond motifs is 1. The first-order valence-corrected chi connectivity index (χ1v) is 11.0. The highest BCUT2D eigenvalue weighted by atomic mass is 16.5. The van der Waals surface area contributed by atoms with Crippen LogP contribution < -0.4 is 15.7 Å². The summed E-state index contributed by atoms with van der Waals surface area (Å²) in [7, 11) is 1.59. The lowest BCUT2D eigenvalue weighted by atomic mass is 10.2. The van der Waals surface area contributed by atoms with Gasteiger partial charge in [0.05, 0.1) is 18.1 Å². The Morgan fingerprint density at radius 2 is 1.75 bits per heavy atom. The van der Waals surface area contributed by atoms with E-state index in [-0.39, 0.29) is 30.5 Å². The van der Waals surface area contributed by atoms with Crippen LogP contribution in [-0.2, 0) is 22.7 Å². The molecule has 1 unspecified atom stereocenters. The Bertz CT molecular complexity index is 1180. The Morgan fingerprint density at radius 3 is 2.41 bits per heavy atom. The third-order valence-electron chi connectivity index (χ3n) is 6.02. The zero-order chi connectivity index (χ0) is 22.7. The van der Waals surface area contributed by atoms with E-state index in [1.54, 1.807) is 45.4 Å². The summed E-state index contributed by atoms with van der Waals surface area (Å²) < 4.78 is 8.50. The predicted octanol–water partition coefficient (Wildman–Crippen LogP) is 2.85. The van der Waals surface area contributed by atoms with Crippen molar-refractivity contribution in [1.29, 1.82) is 0 Å². The van der Waals surface area contributed by atoms with E-state index in [4.69, 9.17) is 4.74 Å². The first kappa shape index (κ1) is 21.7. The summed E-state index contributed by atoms with van der Waals surface area (Å²) in [5, 5.41) is 2.89. The zero-order valence-electron chi connectivity index (χ0n) is 18.4. The summed E-state index contributed by atoms with van der Waals surface area (Å²) in [5.74, 6) is 0.402. The van der Waals surface area contributed by atoms with Crippen LogP contribution in [0.4, 0.5) is 5.69 Å². The fourth-order valence-electron chi connectivity index (χ4n) is 4.38. The second-order valence-electron chi connectivity index (χ2n) is 7.88. The lowest BCUT2D eigenvalue weighted by Crippen LogP contribution is -2.43. The molecule has 2 aromatic carbocycles. The SMILES string of the molecule is CCn1c(=O)n(CCC(=O)N2CCCC2C(=O)Nc2ccc(OC)cc2)c2ccccc21. The number of para-hydroxylation sites is 2. The molecular weight excluding hydrogens is 408 g/mol. The van der Waals surface area contributed by atoms with E-state index in [0.717, 1.165) is 17.5 Å². The minimum atomic E-state index is -0.502. The van der Waals surface area contributed by atoms with Crippen LogP contribution in [0.2, 0.25) is 0 Å². The molecule has 1 aliphatic heterocycles. The van der Waals surface area contributed by atoms with Gasteiger partial charge in [-0.2, -0.15) is 0 Å². The number of carbonyl (C=O) groups excluding carboxylic acids is 2. The average molecular weight is 437 g/mol. The van der Waals surface area contributed by atoms with Crippen molar-refractivity contribution in [3.05, 3.63) is 59.0 Å². The van der Waals surface area contributed by atoms with Gasteiger partial charge in [-0.3, -0.25) is 18.7 Å². The van der Waals surface area contributed by atoms with Crippen molar-refractivity contribution in [2.24, 2.45) is 0 Å². The fraction of sp³-hybridized carbons (Fsp3) is 0.375. The summed E-state index contributed by atoms with van der Waals surface area (Å²) >= 11 is 0. The predicted molar refractivity (Wildman–Crippen MR) is 123 cm³/mol. The number of nitrogens with zero attached hydrogens (tertiary/aromatic N) is 3. The molecule has 1 N–H and O–H groups in total. The van der Waals surface area contributed by atoms with Crippen LogP contribution in [0.15, 0.2) is 53.3 Å². The molecule has 8 heteroatoms. The maximum atomic E-state index is 13.0. The number of imidazole rings is 1. The Kier molecular flexibility index (Phi) is 6.30. The molecule has 1 aromatic heterocycles. The zero-order valence-corrected chi connectivity index (χ0v) is 18.4. The number of anilines is 1. The fourth-order valence-corrected chi connectivity index (χ4v) is 4.38. The van der Waals surface area contributed by atoms with Crippen molar-refractivity contribution in [3.8, 4) is 5.75 Å². The molecule has 0 radical (unpaired) electrons. The van der Waals surface area contributed by atoms with Crippen molar-refractivity contribution in [2.45, 2.75) is 45.3 Å². The van der Waals surface area contributed by atoms with Gasteiger partial charge in [0.2, 0.25) is 11.8 Å². The van der Waals surface area contributed by atoms with Gasteiger partial charge in [-0.15, -0.1) is 0 Å². The van der Waals surface area contributed by atoms with Crippen molar-refractivity contribution in [1.82, 2.24) is 14.0 Å². The maximum absolute atomic E-state index is 13.0. The van der Waals surface area contributed by atoms with Crippen LogP contribution in [0.1, 0.15) is 26.2 Å². The molecule has 1 fully saturated rings. The first-order chi connectivity index (χ1) is 15.5. The summed E-state index contributed by atoms with van der Waals surface area (Å²) in [5.41, 5.74) is 2.23. The molecule has 32 heavy (non-hydrogen) atoms. The molecule has 0 saturated carbocycles. The van der Waals surface area contributed by atoms with Gasteiger partial charge in [-0.1, -0.05) is 12.1 Å². The van der Waals surface area contributed by atoms with Crippen LogP contribution >= 0.6 is 0 Å². The quantitative estimate of drug-likeness (QED) is 0.617. The molecule has 8 nitrogen and oxygen atoms in total. The number of ether oxygens (including phenoxy) is 1. The second kappa shape index (κ2) is 9.30. The maximum Gasteiger partial charge on any atom is 0.329 e. The molecule has 1 saturated heterocycles. The Morgan fingerprint density at radius 1 is 1.06 bits per heavy atom. The number of likely N-dealkylation sites (tertiary alicyclic amines) is 1. The van der Waals surface area contributed by atoms with E-state index in [1.165, 1.54) is 0 Å². The van der Waals surface area contributed by atoms with Gasteiger partial charge in [0, 0.05) is 31.7 Å². The molecule has 0 bridgehead atoms. The van der Waals surface area contributed by atoms with Crippen LogP contribution in [0.3, 0.4) is 0 Å². The topological polar surface area (TPSA) is 85.6 Å². The van der Waals surface area contributed by atoms with Crippen molar-refractivity contribution in [2.75, 3.05) is 19.0 Å². The number of aromatic nitrogens is 2. The summed E-state index contributed by atoms with van der Waals surface area (Å²) in [6.45, 7) is 3.33. The minimum absolute atomic E-state index is 0.113. The highest BCUT2D eigenvalue weighted by Crippen LogP contribution is 2.22. The molecule has 4 rings (SSSR count). The van der Waals surface area contributed by atoms with E-state index in [9.17, 15) is 14.4 Å². The number of nitrogens with one attached hydrogen (secondary N) is 1. The molecule has 168 valence electrons. The Balaban J connectivity index is 1.44. The smallest absolute Gasteiger partial charge is 0.329 e. The van der Waals surface area contributed by atoms with E-state index in [0.29, 0.717) is 30.9 Å². The van der Waals surface area contributed by atoms with Crippen molar-refractivity contribution < 1.29 is 14.3 Å². The van der Waals surface area contributed by atoms with Crippen LogP contribution in [-0.4, -0.2) is 45.5 Å². The molecule has 2 heterocycles. The van der Waals surface area contributed by atoms with Gasteiger partial charge in [0.25, 0.3) is 0 Å². The first-order valence-electron chi connectivity index (χ1n) is 11.0. The lowest BCUT2D eigenvalue weighted by molar-refractivity contribution is -0.136. The minimum Gasteiger partial charge on any atom is -0.497 e. The molecule has 0 aliphatic carbocycles. The third-order valence-corrected chi connectivity index (χ3v) is 6.02. The molecule has 1 aliphatic rings. The van der Waals surface area contributed by atoms with E-state index in [2.05, 4.69) is 5.32 Å². The number of carbonyl (C=O) groups is 2. The normalized spacial score (nSPS) is 15.8. The average Bonchev–Trinajstić information content (AvgIpc) is 3.40. The van der Waals surface area contributed by atoms with Gasteiger partial charge >= 0.3 is 5.69 Å². The van der Waals surface area contributed by atoms with E-state index < -0.39 is 6.04 Å². The van der Waals surface area contributed by atoms with Gasteiger partial charge in [-0.25, -0.2) is 4.79 Å². The largest absolute Gasteiger partial charge is 0.497 e. The second-order valence-corrected chi connectivity index (χ2v) is 7.88. The summed E-state index contributed by atoms with van der Waals surface area (Å²) in [6, 6.07) is 14.2. The van der Waals surface area contributed by atoms with E-state index >= 15 is 0 Å². The monoisotopic (exact) mass is 436 g/mol. The number of rotatable bonds is 7. The van der Waals surface area contributed by atoms with Crippen molar-refractivity contribution >= 4 is 28.5 Å². The molecular formula is C24H28N4O4. The lowest BCUT2D eigenvalue weighted by Gasteiger charge is -2.24. The summed E-state index contributed by atoms with van der Waals surface area (Å²) in [4.78, 5) is 40.3. The standard InChI is InChI=1S/C24H28N4O4/c1-3-26-19-7-4-5-8-20(19)28(24(26)31)16-14-22(29)27-15-6-9-21(27)23(30)25-17-10-12-18(32-2)13-11-17/h4-5,7-8,10-13,21H,3,6,9,14-16H2,1-2H3,(H,25,30). The number of hydrogen-bond acceptors (Lipinski definition) is 4. The van der Waals surface area contributed by atoms with Crippen LogP contribution in [0, 0.1) is 0 Å². The Labute approximate surface area is 186 Å². The third kappa shape index (κ3) is 4.12. The van der Waals surface area contributed by atoms with Gasteiger partial charge in [0.1, 0.15) is 11.8 Å². The molecule has 3 aromatic rings. The number of hydrogen-bond donors (Lipinski definition) is 1. The van der Waals surface area contributed by atoms with Crippen LogP contribution in [0.25, 0.3) is 11.0 Å². The molecule has 2 amide bonds. The van der Waals surface area contributed by atoms with Gasteiger partial charge in [0.15, 0.2) is 0 Å². The van der Waals surface area contributed by atoms with Crippen LogP contribution in [0.5, 0.6) is 5.75 Å². The Hall–Kier alpha value is -3.55. The molecule has 0 spiro atoms. The molecule has 1 atom stereocenters. The van der Waals surface area contributed by atoms with Crippen molar-refractivity contribution in [3.63, 3.8) is 0 Å². The van der Waals surface area contributed by atoms with Gasteiger partial charge in [-0.05, 0) is 56.2 Å². The number of methoxy groups -OCH3 is 1. The number of aryl methyl sites for hydroxylation is 2. The number of benzene rings is 2. The number of amides is 2. The van der Waals surface area contributed by atoms with Gasteiger partial charge < -0.3 is 15.0 Å². The highest BCUT2D eigenvalue weighted by molar-refractivity contribution is 5.97. The highest BCUT2D eigenvalue weighted by Gasteiger charge is 2.34. The van der Waals surface area contributed by atoms with E-state index in [1.807, 2.05) is 31.2 Å².